The van der Waals surface area contributed by atoms with Gasteiger partial charge in [-0.1, -0.05) is 45.8 Å². The number of nitrogens with two attached hydrogens (primary N) is 1. The Bertz CT molecular complexity index is 581. The van der Waals surface area contributed by atoms with E-state index >= 15 is 0 Å². The van der Waals surface area contributed by atoms with Gasteiger partial charge in [0.1, 0.15) is 0 Å². The van der Waals surface area contributed by atoms with E-state index in [1.54, 1.807) is 6.07 Å². The number of hydrogen-bond acceptors (Lipinski definition) is 2. The molecule has 0 aliphatic carbocycles. The lowest BCUT2D eigenvalue weighted by atomic mass is 10.2. The zero-order valence-corrected chi connectivity index (χ0v) is 12.4. The van der Waals surface area contributed by atoms with Crippen molar-refractivity contribution in [3.63, 3.8) is 0 Å². The highest BCUT2D eigenvalue weighted by Gasteiger charge is 2.09. The van der Waals surface area contributed by atoms with Crippen LogP contribution in [-0.4, -0.2) is 4.21 Å². The maximum atomic E-state index is 12.2. The third-order valence-corrected chi connectivity index (χ3v) is 4.59. The molecule has 0 amide bonds. The third-order valence-electron chi connectivity index (χ3n) is 2.64. The molecule has 94 valence electrons. The molecule has 0 heterocycles. The molecule has 0 aliphatic heterocycles. The summed E-state index contributed by atoms with van der Waals surface area (Å²) in [6.45, 7) is 2.04. The molecule has 0 aliphatic rings. The molecule has 2 aromatic rings. The van der Waals surface area contributed by atoms with Crippen molar-refractivity contribution in [2.24, 2.45) is 0 Å². The first-order chi connectivity index (χ1) is 8.56. The largest absolute Gasteiger partial charge is 0.398 e. The Morgan fingerprint density at radius 1 is 1.17 bits per heavy atom. The van der Waals surface area contributed by atoms with Crippen molar-refractivity contribution in [2.75, 3.05) is 5.73 Å². The van der Waals surface area contributed by atoms with Crippen LogP contribution >= 0.6 is 15.9 Å². The average Bonchev–Trinajstić information content (AvgIpc) is 2.32. The van der Waals surface area contributed by atoms with Crippen LogP contribution in [0, 0.1) is 6.92 Å². The Kier molecular flexibility index (Phi) is 4.19. The maximum Gasteiger partial charge on any atom is 0.0621 e. The van der Waals surface area contributed by atoms with Gasteiger partial charge in [-0.2, -0.15) is 0 Å². The van der Waals surface area contributed by atoms with Crippen LogP contribution in [0.2, 0.25) is 0 Å². The van der Waals surface area contributed by atoms with Gasteiger partial charge in [0.05, 0.1) is 21.4 Å². The van der Waals surface area contributed by atoms with E-state index in [0.29, 0.717) is 16.3 Å². The molecule has 18 heavy (non-hydrogen) atoms. The first-order valence-corrected chi connectivity index (χ1v) is 7.66. The molecule has 2 N–H and O–H groups in total. The summed E-state index contributed by atoms with van der Waals surface area (Å²) in [4.78, 5) is 0.693. The van der Waals surface area contributed by atoms with Crippen LogP contribution < -0.4 is 5.73 Å². The van der Waals surface area contributed by atoms with Crippen molar-refractivity contribution < 1.29 is 4.21 Å². The number of rotatable bonds is 3. The van der Waals surface area contributed by atoms with Gasteiger partial charge in [-0.05, 0) is 30.7 Å². The number of nitrogen functional groups attached to an aromatic ring is 1. The molecule has 1 atom stereocenters. The van der Waals surface area contributed by atoms with E-state index in [4.69, 9.17) is 5.73 Å². The van der Waals surface area contributed by atoms with Crippen molar-refractivity contribution >= 4 is 32.4 Å². The fourth-order valence-corrected chi connectivity index (χ4v) is 3.21. The summed E-state index contributed by atoms with van der Waals surface area (Å²) in [5, 5.41) is 0. The quantitative estimate of drug-likeness (QED) is 0.876. The number of aryl methyl sites for hydroxylation is 1. The molecule has 2 rings (SSSR count). The minimum Gasteiger partial charge on any atom is -0.398 e. The summed E-state index contributed by atoms with van der Waals surface area (Å²) in [6, 6.07) is 13.5. The summed E-state index contributed by atoms with van der Waals surface area (Å²) in [7, 11) is -1.11. The highest BCUT2D eigenvalue weighted by atomic mass is 79.9. The van der Waals surface area contributed by atoms with E-state index in [9.17, 15) is 4.21 Å². The third kappa shape index (κ3) is 3.21. The number of benzene rings is 2. The van der Waals surface area contributed by atoms with E-state index in [2.05, 4.69) is 15.9 Å². The van der Waals surface area contributed by atoms with Gasteiger partial charge in [0.25, 0.3) is 0 Å². The highest BCUT2D eigenvalue weighted by molar-refractivity contribution is 9.10. The number of anilines is 1. The molecular weight excluding hydrogens is 310 g/mol. The fourth-order valence-electron chi connectivity index (χ4n) is 1.64. The van der Waals surface area contributed by atoms with E-state index in [1.807, 2.05) is 43.3 Å². The Morgan fingerprint density at radius 2 is 1.83 bits per heavy atom. The van der Waals surface area contributed by atoms with E-state index in [-0.39, 0.29) is 0 Å². The molecular formula is C14H14BrNOS. The van der Waals surface area contributed by atoms with Gasteiger partial charge in [-0.25, -0.2) is 0 Å². The van der Waals surface area contributed by atoms with Gasteiger partial charge in [0, 0.05) is 10.2 Å². The standard InChI is InChI=1S/C14H14BrNOS/c1-10-2-4-11(5-3-10)9-18(17)14-7-6-12(15)8-13(14)16/h2-8H,9,16H2,1H3. The van der Waals surface area contributed by atoms with Crippen LogP contribution in [-0.2, 0) is 16.6 Å². The van der Waals surface area contributed by atoms with Crippen LogP contribution in [0.4, 0.5) is 5.69 Å². The van der Waals surface area contributed by atoms with Crippen LogP contribution in [0.15, 0.2) is 51.8 Å². The van der Waals surface area contributed by atoms with Crippen molar-refractivity contribution in [1.82, 2.24) is 0 Å². The van der Waals surface area contributed by atoms with Crippen LogP contribution in [0.25, 0.3) is 0 Å². The summed E-state index contributed by atoms with van der Waals surface area (Å²) < 4.78 is 13.1. The molecule has 0 bridgehead atoms. The first-order valence-electron chi connectivity index (χ1n) is 5.55. The average molecular weight is 324 g/mol. The molecule has 4 heteroatoms. The second-order valence-electron chi connectivity index (χ2n) is 4.16. The van der Waals surface area contributed by atoms with Gasteiger partial charge in [-0.3, -0.25) is 4.21 Å². The number of hydrogen-bond donors (Lipinski definition) is 1. The monoisotopic (exact) mass is 323 g/mol. The zero-order chi connectivity index (χ0) is 13.1. The van der Waals surface area contributed by atoms with Crippen molar-refractivity contribution in [2.45, 2.75) is 17.6 Å². The summed E-state index contributed by atoms with van der Waals surface area (Å²) in [5.74, 6) is 0.492. The molecule has 0 fully saturated rings. The fraction of sp³-hybridized carbons (Fsp3) is 0.143. The number of halogens is 1. The van der Waals surface area contributed by atoms with Crippen LogP contribution in [0.1, 0.15) is 11.1 Å². The first kappa shape index (κ1) is 13.3. The lowest BCUT2D eigenvalue weighted by molar-refractivity contribution is 0.683. The minimum absolute atomic E-state index is 0.492. The summed E-state index contributed by atoms with van der Waals surface area (Å²) >= 11 is 3.34. The second kappa shape index (κ2) is 5.67. The summed E-state index contributed by atoms with van der Waals surface area (Å²) in [6.07, 6.45) is 0. The molecule has 1 unspecified atom stereocenters. The van der Waals surface area contributed by atoms with Gasteiger partial charge in [0.2, 0.25) is 0 Å². The van der Waals surface area contributed by atoms with Crippen LogP contribution in [0.5, 0.6) is 0 Å². The van der Waals surface area contributed by atoms with Crippen molar-refractivity contribution in [3.05, 3.63) is 58.1 Å². The Morgan fingerprint density at radius 3 is 2.44 bits per heavy atom. The molecule has 0 radical (unpaired) electrons. The topological polar surface area (TPSA) is 43.1 Å². The molecule has 0 spiro atoms. The molecule has 0 saturated heterocycles. The van der Waals surface area contributed by atoms with Gasteiger partial charge >= 0.3 is 0 Å². The molecule has 2 nitrogen and oxygen atoms in total. The van der Waals surface area contributed by atoms with Gasteiger partial charge in [0.15, 0.2) is 0 Å². The lowest BCUT2D eigenvalue weighted by Gasteiger charge is -2.06. The van der Waals surface area contributed by atoms with Crippen LogP contribution in [0.3, 0.4) is 0 Å². The SMILES string of the molecule is Cc1ccc(CS(=O)c2ccc(Br)cc2N)cc1. The highest BCUT2D eigenvalue weighted by Crippen LogP contribution is 2.23. The Hall–Kier alpha value is -1.13. The zero-order valence-electron chi connectivity index (χ0n) is 10.0. The minimum atomic E-state index is -1.11. The van der Waals surface area contributed by atoms with Gasteiger partial charge < -0.3 is 5.73 Å². The molecule has 0 saturated carbocycles. The smallest absolute Gasteiger partial charge is 0.0621 e. The van der Waals surface area contributed by atoms with Crippen molar-refractivity contribution in [3.8, 4) is 0 Å². The van der Waals surface area contributed by atoms with Crippen molar-refractivity contribution in [1.29, 1.82) is 0 Å². The second-order valence-corrected chi connectivity index (χ2v) is 6.49. The molecule has 0 aromatic heterocycles. The van der Waals surface area contributed by atoms with Gasteiger partial charge in [-0.15, -0.1) is 0 Å². The van der Waals surface area contributed by atoms with E-state index in [1.165, 1.54) is 5.56 Å². The predicted octanol–water partition coefficient (Wildman–Crippen LogP) is 3.65. The van der Waals surface area contributed by atoms with E-state index < -0.39 is 10.8 Å². The Labute approximate surface area is 118 Å². The lowest BCUT2D eigenvalue weighted by Crippen LogP contribution is -2.01. The van der Waals surface area contributed by atoms with E-state index in [0.717, 1.165) is 10.0 Å². The normalized spacial score (nSPS) is 12.3. The molecule has 2 aromatic carbocycles. The Balaban J connectivity index is 2.19. The maximum absolute atomic E-state index is 12.2. The predicted molar refractivity (Wildman–Crippen MR) is 79.8 cm³/mol. The summed E-state index contributed by atoms with van der Waals surface area (Å²) in [5.41, 5.74) is 8.70.